The summed E-state index contributed by atoms with van der Waals surface area (Å²) in [6.07, 6.45) is 3.60. The molecule has 1 N–H and O–H groups in total. The number of benzene rings is 1. The van der Waals surface area contributed by atoms with E-state index in [1.54, 1.807) is 0 Å². The second-order valence-corrected chi connectivity index (χ2v) is 4.95. The molecule has 0 heterocycles. The predicted molar refractivity (Wildman–Crippen MR) is 78.4 cm³/mol. The van der Waals surface area contributed by atoms with Crippen molar-refractivity contribution in [1.82, 2.24) is 5.32 Å². The number of nitrogens with one attached hydrogen (secondary N) is 1. The Labute approximate surface area is 112 Å². The third-order valence-electron chi connectivity index (χ3n) is 3.65. The summed E-state index contributed by atoms with van der Waals surface area (Å²) in [5.41, 5.74) is 2.54. The van der Waals surface area contributed by atoms with Gasteiger partial charge in [-0.3, -0.25) is 0 Å². The first-order valence-electron chi connectivity index (χ1n) is 7.04. The minimum absolute atomic E-state index is 0.246. The number of rotatable bonds is 7. The third kappa shape index (κ3) is 3.74. The lowest BCUT2D eigenvalue weighted by atomic mass is 10.0. The van der Waals surface area contributed by atoms with Crippen LogP contribution in [0.4, 0.5) is 0 Å². The highest BCUT2D eigenvalue weighted by atomic mass is 16.5. The van der Waals surface area contributed by atoms with Crippen LogP contribution in [0, 0.1) is 13.8 Å². The molecule has 1 rings (SSSR count). The Morgan fingerprint density at radius 2 is 1.94 bits per heavy atom. The van der Waals surface area contributed by atoms with Crippen LogP contribution in [0.1, 0.15) is 44.2 Å². The molecule has 1 aromatic rings. The molecule has 1 aromatic carbocycles. The molecule has 0 amide bonds. The normalized spacial score (nSPS) is 14.3. The van der Waals surface area contributed by atoms with Gasteiger partial charge in [-0.15, -0.1) is 0 Å². The van der Waals surface area contributed by atoms with Crippen molar-refractivity contribution in [3.63, 3.8) is 0 Å². The van der Waals surface area contributed by atoms with E-state index in [9.17, 15) is 0 Å². The second-order valence-electron chi connectivity index (χ2n) is 4.95. The van der Waals surface area contributed by atoms with E-state index in [2.05, 4.69) is 51.2 Å². The second kappa shape index (κ2) is 7.42. The van der Waals surface area contributed by atoms with Crippen LogP contribution in [-0.4, -0.2) is 19.2 Å². The molecular formula is C16H27NO. The van der Waals surface area contributed by atoms with E-state index in [-0.39, 0.29) is 6.10 Å². The largest absolute Gasteiger partial charge is 0.489 e. The monoisotopic (exact) mass is 249 g/mol. The Morgan fingerprint density at radius 1 is 1.22 bits per heavy atom. The fourth-order valence-electron chi connectivity index (χ4n) is 2.29. The molecule has 0 saturated carbocycles. The molecular weight excluding hydrogens is 222 g/mol. The van der Waals surface area contributed by atoms with Crippen molar-refractivity contribution in [3.05, 3.63) is 29.3 Å². The number of hydrogen-bond acceptors (Lipinski definition) is 2. The fourth-order valence-corrected chi connectivity index (χ4v) is 2.29. The van der Waals surface area contributed by atoms with Crippen LogP contribution in [0.3, 0.4) is 0 Å². The molecule has 0 fully saturated rings. The zero-order valence-electron chi connectivity index (χ0n) is 12.4. The van der Waals surface area contributed by atoms with Crippen LogP contribution < -0.4 is 10.1 Å². The molecule has 0 spiro atoms. The molecule has 2 unspecified atom stereocenters. The van der Waals surface area contributed by atoms with Crippen LogP contribution in [0.5, 0.6) is 5.75 Å². The Bertz CT molecular complexity index is 362. The minimum Gasteiger partial charge on any atom is -0.489 e. The highest BCUT2D eigenvalue weighted by Gasteiger charge is 2.20. The molecule has 0 aliphatic heterocycles. The van der Waals surface area contributed by atoms with E-state index >= 15 is 0 Å². The summed E-state index contributed by atoms with van der Waals surface area (Å²) in [6.45, 7) is 8.67. The summed E-state index contributed by atoms with van der Waals surface area (Å²) in [5, 5.41) is 3.38. The lowest BCUT2D eigenvalue weighted by Crippen LogP contribution is -2.40. The van der Waals surface area contributed by atoms with Gasteiger partial charge in [0.05, 0.1) is 0 Å². The van der Waals surface area contributed by atoms with Gasteiger partial charge >= 0.3 is 0 Å². The van der Waals surface area contributed by atoms with E-state index < -0.39 is 0 Å². The van der Waals surface area contributed by atoms with Gasteiger partial charge in [0.1, 0.15) is 11.9 Å². The quantitative estimate of drug-likeness (QED) is 0.792. The molecule has 0 aliphatic rings. The average Bonchev–Trinajstić information content (AvgIpc) is 2.38. The number of aryl methyl sites for hydroxylation is 1. The fraction of sp³-hybridized carbons (Fsp3) is 0.625. The van der Waals surface area contributed by atoms with Crippen LogP contribution in [0.25, 0.3) is 0 Å². The number of hydrogen-bond donors (Lipinski definition) is 1. The Morgan fingerprint density at radius 3 is 2.50 bits per heavy atom. The Hall–Kier alpha value is -1.02. The van der Waals surface area contributed by atoms with Gasteiger partial charge in [-0.05, 0) is 50.9 Å². The van der Waals surface area contributed by atoms with Gasteiger partial charge in [-0.25, -0.2) is 0 Å². The van der Waals surface area contributed by atoms with Gasteiger partial charge in [0.25, 0.3) is 0 Å². The first-order valence-corrected chi connectivity index (χ1v) is 7.04. The van der Waals surface area contributed by atoms with E-state index in [0.29, 0.717) is 6.04 Å². The van der Waals surface area contributed by atoms with Crippen molar-refractivity contribution in [3.8, 4) is 5.75 Å². The Balaban J connectivity index is 2.81. The Kier molecular flexibility index (Phi) is 6.20. The summed E-state index contributed by atoms with van der Waals surface area (Å²) in [6, 6.07) is 6.70. The van der Waals surface area contributed by atoms with Gasteiger partial charge in [0, 0.05) is 6.04 Å². The van der Waals surface area contributed by atoms with Gasteiger partial charge in [-0.2, -0.15) is 0 Å². The van der Waals surface area contributed by atoms with Gasteiger partial charge in [0.2, 0.25) is 0 Å². The number of likely N-dealkylation sites (N-methyl/N-ethyl adjacent to an activating group) is 1. The summed E-state index contributed by atoms with van der Waals surface area (Å²) in [4.78, 5) is 0. The molecule has 2 nitrogen and oxygen atoms in total. The first kappa shape index (κ1) is 15.0. The molecule has 0 bridgehead atoms. The van der Waals surface area contributed by atoms with Crippen LogP contribution >= 0.6 is 0 Å². The molecule has 2 heteroatoms. The minimum atomic E-state index is 0.246. The molecule has 18 heavy (non-hydrogen) atoms. The van der Waals surface area contributed by atoms with Crippen molar-refractivity contribution in [2.75, 3.05) is 7.05 Å². The van der Waals surface area contributed by atoms with E-state index in [0.717, 1.165) is 18.6 Å². The van der Waals surface area contributed by atoms with Crippen molar-refractivity contribution in [2.45, 2.75) is 59.1 Å². The molecule has 0 saturated heterocycles. The molecule has 0 aromatic heterocycles. The van der Waals surface area contributed by atoms with Crippen molar-refractivity contribution in [2.24, 2.45) is 0 Å². The lowest BCUT2D eigenvalue weighted by molar-refractivity contribution is 0.145. The first-order chi connectivity index (χ1) is 8.63. The zero-order valence-corrected chi connectivity index (χ0v) is 12.4. The number of ether oxygens (including phenoxy) is 1. The maximum absolute atomic E-state index is 6.22. The molecule has 0 radical (unpaired) electrons. The predicted octanol–water partition coefficient (Wildman–Crippen LogP) is 3.85. The maximum Gasteiger partial charge on any atom is 0.122 e. The standard InChI is InChI=1S/C16H27NO/c1-6-9-14(17-5)15(7-2)18-16-11-8-10-12(3)13(16)4/h8,10-11,14-15,17H,6-7,9H2,1-5H3. The van der Waals surface area contributed by atoms with Crippen LogP contribution in [0.15, 0.2) is 18.2 Å². The van der Waals surface area contributed by atoms with E-state index in [4.69, 9.17) is 4.74 Å². The van der Waals surface area contributed by atoms with E-state index in [1.165, 1.54) is 17.5 Å². The summed E-state index contributed by atoms with van der Waals surface area (Å²) in [7, 11) is 2.02. The molecule has 102 valence electrons. The van der Waals surface area contributed by atoms with Crippen molar-refractivity contribution >= 4 is 0 Å². The smallest absolute Gasteiger partial charge is 0.122 e. The zero-order chi connectivity index (χ0) is 13.5. The van der Waals surface area contributed by atoms with Crippen LogP contribution in [0.2, 0.25) is 0 Å². The van der Waals surface area contributed by atoms with Gasteiger partial charge < -0.3 is 10.1 Å². The summed E-state index contributed by atoms with van der Waals surface area (Å²) < 4.78 is 6.22. The maximum atomic E-state index is 6.22. The van der Waals surface area contributed by atoms with Crippen LogP contribution in [-0.2, 0) is 0 Å². The highest BCUT2D eigenvalue weighted by Crippen LogP contribution is 2.24. The average molecular weight is 249 g/mol. The van der Waals surface area contributed by atoms with Gasteiger partial charge in [-0.1, -0.05) is 32.4 Å². The SMILES string of the molecule is CCCC(NC)C(CC)Oc1cccc(C)c1C. The topological polar surface area (TPSA) is 21.3 Å². The highest BCUT2D eigenvalue weighted by molar-refractivity contribution is 5.38. The van der Waals surface area contributed by atoms with Gasteiger partial charge in [0.15, 0.2) is 0 Å². The summed E-state index contributed by atoms with van der Waals surface area (Å²) >= 11 is 0. The van der Waals surface area contributed by atoms with Crippen molar-refractivity contribution in [1.29, 1.82) is 0 Å². The van der Waals surface area contributed by atoms with Crippen molar-refractivity contribution < 1.29 is 4.74 Å². The molecule has 2 atom stereocenters. The summed E-state index contributed by atoms with van der Waals surface area (Å²) in [5.74, 6) is 1.03. The molecule has 0 aliphatic carbocycles. The lowest BCUT2D eigenvalue weighted by Gasteiger charge is -2.27. The third-order valence-corrected chi connectivity index (χ3v) is 3.65. The van der Waals surface area contributed by atoms with E-state index in [1.807, 2.05) is 7.05 Å².